The summed E-state index contributed by atoms with van der Waals surface area (Å²) in [6, 6.07) is 16.4. The van der Waals surface area contributed by atoms with E-state index >= 15 is 0 Å². The minimum absolute atomic E-state index is 0. The second kappa shape index (κ2) is 15.1. The van der Waals surface area contributed by atoms with Crippen LogP contribution in [0, 0.1) is 11.8 Å². The standard InChI is InChI=1S/C38H48N2O6.ClH/c1-7-24-23-39-15-13-26-19-34(42-3)36(44-5)21-30(26)32(39)17-28(24)18-33-31-22-37(45-6)35(43-4)20-27(31)14-16-40(33)38(41)25-9-11-29(12-10-25)46-8-2;/h9-12,19-22,24,28,32-33H,7-8,13-18,23H2,1-6H3;1H. The molecule has 4 atom stereocenters. The molecule has 3 heterocycles. The lowest BCUT2D eigenvalue weighted by Crippen LogP contribution is -2.47. The predicted molar refractivity (Wildman–Crippen MR) is 186 cm³/mol. The Morgan fingerprint density at radius 2 is 1.34 bits per heavy atom. The van der Waals surface area contributed by atoms with Crippen molar-refractivity contribution < 1.29 is 28.5 Å². The van der Waals surface area contributed by atoms with Crippen molar-refractivity contribution in [3.63, 3.8) is 0 Å². The van der Waals surface area contributed by atoms with E-state index in [0.717, 1.165) is 73.8 Å². The Bertz CT molecular complexity index is 1550. The molecule has 8 nitrogen and oxygen atoms in total. The molecule has 3 aromatic carbocycles. The number of hydrogen-bond acceptors (Lipinski definition) is 7. The SMILES string of the molecule is CCOc1ccc(C(=O)N2CCc3cc(OC)c(OC)cc3C2CC2CC3c4cc(OC)c(OC)cc4CCN3CC2CC)cc1.Cl. The van der Waals surface area contributed by atoms with E-state index < -0.39 is 0 Å². The number of hydrogen-bond donors (Lipinski definition) is 0. The normalized spacial score (nSPS) is 21.8. The third-order valence-electron chi connectivity index (χ3n) is 10.5. The number of fused-ring (bicyclic) bond motifs is 4. The second-order valence-corrected chi connectivity index (χ2v) is 12.7. The average Bonchev–Trinajstić information content (AvgIpc) is 3.10. The van der Waals surface area contributed by atoms with Crippen molar-refractivity contribution in [1.29, 1.82) is 0 Å². The van der Waals surface area contributed by atoms with Crippen molar-refractivity contribution in [2.24, 2.45) is 11.8 Å². The number of halogens is 1. The van der Waals surface area contributed by atoms with Gasteiger partial charge in [0.25, 0.3) is 5.91 Å². The van der Waals surface area contributed by atoms with Crippen LogP contribution in [0.1, 0.15) is 77.8 Å². The number of rotatable bonds is 10. The summed E-state index contributed by atoms with van der Waals surface area (Å²) in [5.41, 5.74) is 5.77. The lowest BCUT2D eigenvalue weighted by molar-refractivity contribution is 0.0287. The summed E-state index contributed by atoms with van der Waals surface area (Å²) < 4.78 is 28.5. The van der Waals surface area contributed by atoms with Crippen LogP contribution in [-0.2, 0) is 12.8 Å². The van der Waals surface area contributed by atoms with E-state index in [0.29, 0.717) is 42.3 Å². The largest absolute Gasteiger partial charge is 0.494 e. The molecule has 1 saturated heterocycles. The molecule has 3 aliphatic heterocycles. The van der Waals surface area contributed by atoms with E-state index in [4.69, 9.17) is 23.7 Å². The summed E-state index contributed by atoms with van der Waals surface area (Å²) in [6.07, 6.45) is 4.80. The Labute approximate surface area is 285 Å². The molecule has 0 bridgehead atoms. The number of carbonyl (C=O) groups excluding carboxylic acids is 1. The summed E-state index contributed by atoms with van der Waals surface area (Å²) in [4.78, 5) is 19.1. The summed E-state index contributed by atoms with van der Waals surface area (Å²) in [5.74, 6) is 4.79. The van der Waals surface area contributed by atoms with E-state index in [1.165, 1.54) is 16.7 Å². The molecule has 0 saturated carbocycles. The molecule has 254 valence electrons. The van der Waals surface area contributed by atoms with Gasteiger partial charge in [0.1, 0.15) is 5.75 Å². The van der Waals surface area contributed by atoms with E-state index in [9.17, 15) is 4.79 Å². The van der Waals surface area contributed by atoms with Crippen LogP contribution in [0.2, 0.25) is 0 Å². The van der Waals surface area contributed by atoms with Gasteiger partial charge in [-0.05, 0) is 115 Å². The van der Waals surface area contributed by atoms with Gasteiger partial charge in [-0.25, -0.2) is 0 Å². The molecule has 6 rings (SSSR count). The van der Waals surface area contributed by atoms with Crippen molar-refractivity contribution in [2.75, 3.05) is 54.7 Å². The fourth-order valence-corrected chi connectivity index (χ4v) is 8.09. The van der Waals surface area contributed by atoms with Gasteiger partial charge in [0.15, 0.2) is 23.0 Å². The average molecular weight is 665 g/mol. The molecular formula is C38H49ClN2O6. The van der Waals surface area contributed by atoms with Crippen molar-refractivity contribution in [1.82, 2.24) is 9.80 Å². The fraction of sp³-hybridized carbons (Fsp3) is 0.500. The highest BCUT2D eigenvalue weighted by molar-refractivity contribution is 5.95. The van der Waals surface area contributed by atoms with Crippen LogP contribution in [0.15, 0.2) is 48.5 Å². The van der Waals surface area contributed by atoms with Gasteiger partial charge in [-0.3, -0.25) is 9.69 Å². The number of piperidine rings is 1. The molecule has 0 spiro atoms. The van der Waals surface area contributed by atoms with E-state index in [2.05, 4.69) is 41.0 Å². The predicted octanol–water partition coefficient (Wildman–Crippen LogP) is 7.32. The van der Waals surface area contributed by atoms with Gasteiger partial charge >= 0.3 is 0 Å². The molecule has 0 aliphatic carbocycles. The molecule has 0 radical (unpaired) electrons. The summed E-state index contributed by atoms with van der Waals surface area (Å²) in [6.45, 7) is 7.62. The van der Waals surface area contributed by atoms with Gasteiger partial charge in [-0.2, -0.15) is 0 Å². The van der Waals surface area contributed by atoms with Gasteiger partial charge in [0.2, 0.25) is 0 Å². The zero-order valence-electron chi connectivity index (χ0n) is 28.5. The first-order valence-corrected chi connectivity index (χ1v) is 16.7. The summed E-state index contributed by atoms with van der Waals surface area (Å²) in [7, 11) is 6.77. The number of methoxy groups -OCH3 is 4. The van der Waals surface area contributed by atoms with Gasteiger partial charge in [-0.15, -0.1) is 12.4 Å². The first kappa shape index (κ1) is 34.7. The minimum atomic E-state index is -0.0818. The van der Waals surface area contributed by atoms with Crippen LogP contribution in [0.4, 0.5) is 0 Å². The number of amides is 1. The van der Waals surface area contributed by atoms with Gasteiger partial charge in [0.05, 0.1) is 41.1 Å². The molecule has 3 aromatic rings. The monoisotopic (exact) mass is 664 g/mol. The molecule has 1 amide bonds. The molecule has 4 unspecified atom stereocenters. The topological polar surface area (TPSA) is 69.7 Å². The van der Waals surface area contributed by atoms with Crippen LogP contribution in [-0.4, -0.2) is 70.4 Å². The van der Waals surface area contributed by atoms with E-state index in [1.54, 1.807) is 28.4 Å². The Balaban J connectivity index is 0.00000433. The lowest BCUT2D eigenvalue weighted by Gasteiger charge is -2.49. The first-order chi connectivity index (χ1) is 22.4. The van der Waals surface area contributed by atoms with E-state index in [1.807, 2.05) is 31.2 Å². The molecule has 0 N–H and O–H groups in total. The molecule has 1 fully saturated rings. The Kier molecular flexibility index (Phi) is 11.1. The Morgan fingerprint density at radius 3 is 1.94 bits per heavy atom. The molecule has 47 heavy (non-hydrogen) atoms. The molecule has 9 heteroatoms. The maximum absolute atomic E-state index is 14.3. The molecule has 0 aromatic heterocycles. The maximum atomic E-state index is 14.3. The first-order valence-electron chi connectivity index (χ1n) is 16.7. The van der Waals surface area contributed by atoms with Gasteiger partial charge in [-0.1, -0.05) is 13.3 Å². The lowest BCUT2D eigenvalue weighted by atomic mass is 9.72. The highest BCUT2D eigenvalue weighted by Crippen LogP contribution is 2.49. The third-order valence-corrected chi connectivity index (χ3v) is 10.5. The zero-order chi connectivity index (χ0) is 32.4. The van der Waals surface area contributed by atoms with Gasteiger partial charge in [0, 0.05) is 31.2 Å². The van der Waals surface area contributed by atoms with E-state index in [-0.39, 0.29) is 24.4 Å². The van der Waals surface area contributed by atoms with Crippen molar-refractivity contribution >= 4 is 18.3 Å². The molecular weight excluding hydrogens is 616 g/mol. The number of ether oxygens (including phenoxy) is 5. The number of carbonyl (C=O) groups is 1. The number of benzene rings is 3. The van der Waals surface area contributed by atoms with Crippen LogP contribution in [0.25, 0.3) is 0 Å². The maximum Gasteiger partial charge on any atom is 0.254 e. The van der Waals surface area contributed by atoms with Crippen LogP contribution in [0.3, 0.4) is 0 Å². The summed E-state index contributed by atoms with van der Waals surface area (Å²) >= 11 is 0. The number of nitrogens with zero attached hydrogens (tertiary/aromatic N) is 2. The zero-order valence-corrected chi connectivity index (χ0v) is 29.4. The molecule has 3 aliphatic rings. The third kappa shape index (κ3) is 6.72. The summed E-state index contributed by atoms with van der Waals surface area (Å²) in [5, 5.41) is 0. The van der Waals surface area contributed by atoms with Crippen molar-refractivity contribution in [3.8, 4) is 28.7 Å². The van der Waals surface area contributed by atoms with Crippen molar-refractivity contribution in [3.05, 3.63) is 76.3 Å². The highest BCUT2D eigenvalue weighted by atomic mass is 35.5. The highest BCUT2D eigenvalue weighted by Gasteiger charge is 2.42. The minimum Gasteiger partial charge on any atom is -0.494 e. The van der Waals surface area contributed by atoms with Gasteiger partial charge < -0.3 is 28.6 Å². The Hall–Kier alpha value is -3.62. The van der Waals surface area contributed by atoms with Crippen LogP contribution >= 0.6 is 12.4 Å². The van der Waals surface area contributed by atoms with Crippen LogP contribution < -0.4 is 23.7 Å². The Morgan fingerprint density at radius 1 is 0.766 bits per heavy atom. The fourth-order valence-electron chi connectivity index (χ4n) is 8.09. The second-order valence-electron chi connectivity index (χ2n) is 12.7. The van der Waals surface area contributed by atoms with Crippen molar-refractivity contribution in [2.45, 2.75) is 58.0 Å². The smallest absolute Gasteiger partial charge is 0.254 e. The quantitative estimate of drug-likeness (QED) is 0.225. The van der Waals surface area contributed by atoms with Crippen LogP contribution in [0.5, 0.6) is 28.7 Å².